The molecule has 1 atom stereocenters. The summed E-state index contributed by atoms with van der Waals surface area (Å²) >= 11 is 0. The van der Waals surface area contributed by atoms with Gasteiger partial charge in [0.15, 0.2) is 9.84 Å². The maximum absolute atomic E-state index is 12.4. The zero-order chi connectivity index (χ0) is 19.4. The molecule has 6 nitrogen and oxygen atoms in total. The van der Waals surface area contributed by atoms with E-state index in [1.807, 2.05) is 0 Å². The fourth-order valence-corrected chi connectivity index (χ4v) is 3.39. The highest BCUT2D eigenvalue weighted by atomic mass is 32.2. The van der Waals surface area contributed by atoms with Gasteiger partial charge >= 0.3 is 5.97 Å². The Morgan fingerprint density at radius 3 is 2.31 bits per heavy atom. The van der Waals surface area contributed by atoms with E-state index < -0.39 is 27.1 Å². The molecule has 0 spiro atoms. The molecule has 138 valence electrons. The maximum Gasteiger partial charge on any atom is 0.315 e. The zero-order valence-electron chi connectivity index (χ0n) is 14.6. The molecule has 0 aliphatic heterocycles. The molecule has 0 aliphatic carbocycles. The lowest BCUT2D eigenvalue weighted by Crippen LogP contribution is -2.44. The summed E-state index contributed by atoms with van der Waals surface area (Å²) in [6.45, 7) is 2.93. The van der Waals surface area contributed by atoms with E-state index in [1.165, 1.54) is 38.1 Å². The van der Waals surface area contributed by atoms with E-state index in [-0.39, 0.29) is 22.8 Å². The molecule has 2 aromatic rings. The number of hydrogen-bond donors (Lipinski definition) is 2. The van der Waals surface area contributed by atoms with Crippen LogP contribution in [0.1, 0.15) is 29.8 Å². The molecular formula is C19H21NO5S. The van der Waals surface area contributed by atoms with Crippen LogP contribution in [0.15, 0.2) is 59.5 Å². The fraction of sp³-hybridized carbons (Fsp3) is 0.263. The Labute approximate surface area is 152 Å². The molecule has 0 heterocycles. The summed E-state index contributed by atoms with van der Waals surface area (Å²) in [7, 11) is -3.43. The van der Waals surface area contributed by atoms with Crippen LogP contribution in [0.3, 0.4) is 0 Å². The first-order valence-electron chi connectivity index (χ1n) is 8.10. The van der Waals surface area contributed by atoms with Crippen LogP contribution in [-0.2, 0) is 20.0 Å². The third-order valence-electron chi connectivity index (χ3n) is 4.32. The third kappa shape index (κ3) is 4.11. The SMILES string of the molecule is CCS(=O)(=O)c1cccc(C(=O)NCC(C)(C(=O)O)c2ccccc2)c1. The van der Waals surface area contributed by atoms with E-state index in [1.54, 1.807) is 30.3 Å². The summed E-state index contributed by atoms with van der Waals surface area (Å²) < 4.78 is 23.9. The average Bonchev–Trinajstić information content (AvgIpc) is 2.66. The van der Waals surface area contributed by atoms with Crippen molar-refractivity contribution >= 4 is 21.7 Å². The minimum absolute atomic E-state index is 0.0663. The molecule has 0 saturated heterocycles. The number of carbonyl (C=O) groups is 2. The number of amides is 1. The number of hydrogen-bond acceptors (Lipinski definition) is 4. The Kier molecular flexibility index (Phi) is 5.82. The molecule has 0 saturated carbocycles. The normalized spacial score (nSPS) is 13.6. The maximum atomic E-state index is 12.4. The lowest BCUT2D eigenvalue weighted by molar-refractivity contribution is -0.142. The van der Waals surface area contributed by atoms with Crippen LogP contribution in [0, 0.1) is 0 Å². The molecule has 0 bridgehead atoms. The first kappa shape index (κ1) is 19.7. The van der Waals surface area contributed by atoms with E-state index in [2.05, 4.69) is 5.32 Å². The van der Waals surface area contributed by atoms with E-state index in [4.69, 9.17) is 0 Å². The highest BCUT2D eigenvalue weighted by molar-refractivity contribution is 7.91. The van der Waals surface area contributed by atoms with Gasteiger partial charge in [-0.1, -0.05) is 43.3 Å². The largest absolute Gasteiger partial charge is 0.481 e. The van der Waals surface area contributed by atoms with Gasteiger partial charge in [-0.2, -0.15) is 0 Å². The summed E-state index contributed by atoms with van der Waals surface area (Å²) in [4.78, 5) is 24.2. The van der Waals surface area contributed by atoms with Crippen molar-refractivity contribution in [2.45, 2.75) is 24.2 Å². The molecule has 2 rings (SSSR count). The summed E-state index contributed by atoms with van der Waals surface area (Å²) in [6, 6.07) is 14.3. The topological polar surface area (TPSA) is 101 Å². The van der Waals surface area contributed by atoms with Crippen molar-refractivity contribution < 1.29 is 23.1 Å². The van der Waals surface area contributed by atoms with Crippen molar-refractivity contribution in [1.29, 1.82) is 0 Å². The average molecular weight is 375 g/mol. The number of nitrogens with one attached hydrogen (secondary N) is 1. The summed E-state index contributed by atoms with van der Waals surface area (Å²) in [5.41, 5.74) is -0.570. The molecule has 2 N–H and O–H groups in total. The predicted molar refractivity (Wildman–Crippen MR) is 97.9 cm³/mol. The second kappa shape index (κ2) is 7.70. The van der Waals surface area contributed by atoms with Gasteiger partial charge < -0.3 is 10.4 Å². The van der Waals surface area contributed by atoms with Crippen molar-refractivity contribution in [2.75, 3.05) is 12.3 Å². The fourth-order valence-electron chi connectivity index (χ4n) is 2.46. The van der Waals surface area contributed by atoms with Crippen LogP contribution in [-0.4, -0.2) is 37.7 Å². The first-order valence-corrected chi connectivity index (χ1v) is 9.76. The van der Waals surface area contributed by atoms with Crippen LogP contribution in [0.5, 0.6) is 0 Å². The molecule has 1 amide bonds. The number of carbonyl (C=O) groups excluding carboxylic acids is 1. The van der Waals surface area contributed by atoms with Crippen LogP contribution < -0.4 is 5.32 Å². The highest BCUT2D eigenvalue weighted by Crippen LogP contribution is 2.23. The number of benzene rings is 2. The second-order valence-electron chi connectivity index (χ2n) is 6.12. The Hall–Kier alpha value is -2.67. The lowest BCUT2D eigenvalue weighted by atomic mass is 9.82. The summed E-state index contributed by atoms with van der Waals surface area (Å²) in [5.74, 6) is -1.66. The van der Waals surface area contributed by atoms with Crippen molar-refractivity contribution in [3.8, 4) is 0 Å². The van der Waals surface area contributed by atoms with Crippen LogP contribution in [0.2, 0.25) is 0 Å². The molecule has 0 radical (unpaired) electrons. The number of carboxylic acid groups (broad SMARTS) is 1. The summed E-state index contributed by atoms with van der Waals surface area (Å²) in [6.07, 6.45) is 0. The zero-order valence-corrected chi connectivity index (χ0v) is 15.4. The number of sulfone groups is 1. The number of carboxylic acids is 1. The second-order valence-corrected chi connectivity index (χ2v) is 8.40. The Balaban J connectivity index is 2.22. The smallest absolute Gasteiger partial charge is 0.315 e. The highest BCUT2D eigenvalue weighted by Gasteiger charge is 2.35. The summed E-state index contributed by atoms with van der Waals surface area (Å²) in [5, 5.41) is 12.2. The van der Waals surface area contributed by atoms with Crippen molar-refractivity contribution in [2.24, 2.45) is 0 Å². The van der Waals surface area contributed by atoms with Crippen LogP contribution in [0.25, 0.3) is 0 Å². The molecule has 26 heavy (non-hydrogen) atoms. The van der Waals surface area contributed by atoms with Crippen molar-refractivity contribution in [3.63, 3.8) is 0 Å². The Morgan fingerprint density at radius 1 is 1.08 bits per heavy atom. The number of aliphatic carboxylic acids is 1. The van der Waals surface area contributed by atoms with E-state index in [0.717, 1.165) is 0 Å². The third-order valence-corrected chi connectivity index (χ3v) is 6.05. The number of rotatable bonds is 7. The van der Waals surface area contributed by atoms with Gasteiger partial charge in [-0.05, 0) is 30.7 Å². The minimum Gasteiger partial charge on any atom is -0.481 e. The molecule has 2 aromatic carbocycles. The molecular weight excluding hydrogens is 354 g/mol. The Morgan fingerprint density at radius 2 is 1.73 bits per heavy atom. The van der Waals surface area contributed by atoms with Crippen LogP contribution in [0.4, 0.5) is 0 Å². The van der Waals surface area contributed by atoms with Crippen molar-refractivity contribution in [3.05, 3.63) is 65.7 Å². The van der Waals surface area contributed by atoms with E-state index in [0.29, 0.717) is 5.56 Å². The van der Waals surface area contributed by atoms with Crippen molar-refractivity contribution in [1.82, 2.24) is 5.32 Å². The van der Waals surface area contributed by atoms with E-state index >= 15 is 0 Å². The Bertz CT molecular complexity index is 909. The standard InChI is InChI=1S/C19H21NO5S/c1-3-26(24,25)16-11-7-8-14(12-16)17(21)20-13-19(2,18(22)23)15-9-5-4-6-10-15/h4-12H,3,13H2,1-2H3,(H,20,21)(H,22,23). The first-order chi connectivity index (χ1) is 12.2. The van der Waals surface area contributed by atoms with Gasteiger partial charge in [0.1, 0.15) is 5.41 Å². The van der Waals surface area contributed by atoms with Gasteiger partial charge in [-0.15, -0.1) is 0 Å². The minimum atomic E-state index is -3.43. The van der Waals surface area contributed by atoms with Gasteiger partial charge in [0.25, 0.3) is 5.91 Å². The van der Waals surface area contributed by atoms with Gasteiger partial charge in [0.05, 0.1) is 10.6 Å². The molecule has 0 aromatic heterocycles. The molecule has 7 heteroatoms. The van der Waals surface area contributed by atoms with Gasteiger partial charge in [0.2, 0.25) is 0 Å². The van der Waals surface area contributed by atoms with Gasteiger partial charge in [-0.3, -0.25) is 9.59 Å². The molecule has 0 aliphatic rings. The quantitative estimate of drug-likeness (QED) is 0.773. The molecule has 0 fully saturated rings. The predicted octanol–water partition coefficient (Wildman–Crippen LogP) is 2.25. The van der Waals surface area contributed by atoms with Crippen LogP contribution >= 0.6 is 0 Å². The molecule has 1 unspecified atom stereocenters. The lowest BCUT2D eigenvalue weighted by Gasteiger charge is -2.25. The monoisotopic (exact) mass is 375 g/mol. The van der Waals surface area contributed by atoms with Gasteiger partial charge in [0, 0.05) is 12.1 Å². The van der Waals surface area contributed by atoms with E-state index in [9.17, 15) is 23.1 Å². The van der Waals surface area contributed by atoms with Gasteiger partial charge in [-0.25, -0.2) is 8.42 Å².